The molecule has 2 heterocycles. The van der Waals surface area contributed by atoms with Gasteiger partial charge in [0.25, 0.3) is 5.69 Å². The lowest BCUT2D eigenvalue weighted by atomic mass is 10.1. The minimum atomic E-state index is -0.508. The number of nitro benzene ring substituents is 1. The highest BCUT2D eigenvalue weighted by Gasteiger charge is 2.22. The molecular formula is C22H15N3O6. The summed E-state index contributed by atoms with van der Waals surface area (Å²) in [4.78, 5) is 19.7. The number of benzene rings is 3. The molecule has 0 saturated heterocycles. The zero-order valence-electron chi connectivity index (χ0n) is 16.2. The van der Waals surface area contributed by atoms with E-state index < -0.39 is 4.92 Å². The fourth-order valence-corrected chi connectivity index (χ4v) is 3.28. The fourth-order valence-electron chi connectivity index (χ4n) is 3.28. The lowest BCUT2D eigenvalue weighted by molar-refractivity contribution is -0.385. The van der Waals surface area contributed by atoms with Crippen molar-refractivity contribution >= 4 is 28.7 Å². The van der Waals surface area contributed by atoms with E-state index in [2.05, 4.69) is 9.98 Å². The van der Waals surface area contributed by atoms with Crippen LogP contribution in [-0.2, 0) is 0 Å². The summed E-state index contributed by atoms with van der Waals surface area (Å²) in [6.07, 6.45) is 1.37. The van der Waals surface area contributed by atoms with Gasteiger partial charge in [-0.1, -0.05) is 6.07 Å². The normalized spacial score (nSPS) is 12.7. The number of aromatic hydroxyl groups is 1. The van der Waals surface area contributed by atoms with Gasteiger partial charge < -0.3 is 19.0 Å². The molecule has 3 aromatic carbocycles. The Labute approximate surface area is 175 Å². The number of hydrogen-bond acceptors (Lipinski definition) is 8. The Balaban J connectivity index is 1.52. The molecule has 9 heteroatoms. The SMILES string of the molecule is Cc1ccc2nc(-c3cc(N=Cc4cc5c(cc4[N+](=O)[O-])OCO5)ccc3O)oc2c1. The molecule has 1 aromatic heterocycles. The van der Waals surface area contributed by atoms with Gasteiger partial charge in [0.1, 0.15) is 11.3 Å². The molecule has 154 valence electrons. The summed E-state index contributed by atoms with van der Waals surface area (Å²) in [5.41, 5.74) is 3.25. The number of aryl methyl sites for hydroxylation is 1. The number of aliphatic imine (C=N–C) groups is 1. The van der Waals surface area contributed by atoms with Gasteiger partial charge in [-0.3, -0.25) is 15.1 Å². The van der Waals surface area contributed by atoms with Crippen LogP contribution >= 0.6 is 0 Å². The van der Waals surface area contributed by atoms with Crippen molar-refractivity contribution in [2.45, 2.75) is 6.92 Å². The Morgan fingerprint density at radius 1 is 1.13 bits per heavy atom. The highest BCUT2D eigenvalue weighted by molar-refractivity contribution is 5.89. The Morgan fingerprint density at radius 3 is 2.74 bits per heavy atom. The Kier molecular flexibility index (Phi) is 4.28. The van der Waals surface area contributed by atoms with Crippen molar-refractivity contribution in [2.24, 2.45) is 4.99 Å². The quantitative estimate of drug-likeness (QED) is 0.285. The maximum absolute atomic E-state index is 11.4. The van der Waals surface area contributed by atoms with E-state index in [0.717, 1.165) is 5.56 Å². The summed E-state index contributed by atoms with van der Waals surface area (Å²) in [6.45, 7) is 1.96. The second kappa shape index (κ2) is 7.13. The Morgan fingerprint density at radius 2 is 1.94 bits per heavy atom. The number of ether oxygens (including phenoxy) is 2. The van der Waals surface area contributed by atoms with E-state index in [4.69, 9.17) is 13.9 Å². The first-order valence-corrected chi connectivity index (χ1v) is 9.30. The van der Waals surface area contributed by atoms with Crippen molar-refractivity contribution in [1.29, 1.82) is 0 Å². The molecule has 1 aliphatic rings. The van der Waals surface area contributed by atoms with Gasteiger partial charge in [-0.25, -0.2) is 4.98 Å². The molecule has 0 aliphatic carbocycles. The average molecular weight is 417 g/mol. The molecule has 31 heavy (non-hydrogen) atoms. The molecule has 0 radical (unpaired) electrons. The summed E-state index contributed by atoms with van der Waals surface area (Å²) >= 11 is 0. The lowest BCUT2D eigenvalue weighted by Gasteiger charge is -2.03. The van der Waals surface area contributed by atoms with Gasteiger partial charge in [-0.05, 0) is 48.9 Å². The first-order chi connectivity index (χ1) is 15.0. The van der Waals surface area contributed by atoms with Crippen molar-refractivity contribution in [1.82, 2.24) is 4.98 Å². The lowest BCUT2D eigenvalue weighted by Crippen LogP contribution is -1.94. The monoisotopic (exact) mass is 417 g/mol. The van der Waals surface area contributed by atoms with Gasteiger partial charge in [0.15, 0.2) is 17.1 Å². The zero-order valence-corrected chi connectivity index (χ0v) is 16.2. The van der Waals surface area contributed by atoms with Crippen LogP contribution in [0.2, 0.25) is 0 Å². The van der Waals surface area contributed by atoms with Crippen LogP contribution < -0.4 is 9.47 Å². The molecule has 1 N–H and O–H groups in total. The Bertz CT molecular complexity index is 1380. The number of hydrogen-bond donors (Lipinski definition) is 1. The van der Waals surface area contributed by atoms with Crippen LogP contribution in [-0.4, -0.2) is 28.0 Å². The van der Waals surface area contributed by atoms with Crippen molar-refractivity contribution in [2.75, 3.05) is 6.79 Å². The van der Waals surface area contributed by atoms with Crippen LogP contribution in [0.15, 0.2) is 57.9 Å². The van der Waals surface area contributed by atoms with Crippen LogP contribution in [0.3, 0.4) is 0 Å². The predicted molar refractivity (Wildman–Crippen MR) is 112 cm³/mol. The van der Waals surface area contributed by atoms with Crippen LogP contribution in [0.5, 0.6) is 17.2 Å². The molecule has 4 aromatic rings. The Hall–Kier alpha value is -4.40. The second-order valence-electron chi connectivity index (χ2n) is 6.97. The average Bonchev–Trinajstić information content (AvgIpc) is 3.38. The van der Waals surface area contributed by atoms with Crippen LogP contribution in [0.1, 0.15) is 11.1 Å². The third-order valence-electron chi connectivity index (χ3n) is 4.83. The standard InChI is InChI=1S/C22H15N3O6/c1-12-2-4-16-19(6-12)31-22(24-16)15-8-14(3-5-18(15)26)23-10-13-7-20-21(30-11-29-20)9-17(13)25(27)28/h2-10,26H,11H2,1H3. The number of oxazole rings is 1. The van der Waals surface area contributed by atoms with Crippen LogP contribution in [0, 0.1) is 17.0 Å². The van der Waals surface area contributed by atoms with E-state index >= 15 is 0 Å². The maximum atomic E-state index is 11.4. The van der Waals surface area contributed by atoms with Gasteiger partial charge in [0.05, 0.1) is 27.8 Å². The summed E-state index contributed by atoms with van der Waals surface area (Å²) in [5.74, 6) is 0.975. The van der Waals surface area contributed by atoms with Crippen LogP contribution in [0.4, 0.5) is 11.4 Å². The number of phenols is 1. The molecule has 0 bridgehead atoms. The van der Waals surface area contributed by atoms with E-state index in [1.165, 1.54) is 24.4 Å². The summed E-state index contributed by atoms with van der Waals surface area (Å²) in [6, 6.07) is 13.1. The summed E-state index contributed by atoms with van der Waals surface area (Å²) in [7, 11) is 0. The molecule has 0 saturated carbocycles. The first-order valence-electron chi connectivity index (χ1n) is 9.30. The first kappa shape index (κ1) is 18.6. The van der Waals surface area contributed by atoms with E-state index in [1.807, 2.05) is 25.1 Å². The molecule has 5 rings (SSSR count). The minimum Gasteiger partial charge on any atom is -0.507 e. The smallest absolute Gasteiger partial charge is 0.282 e. The number of rotatable bonds is 4. The molecule has 0 unspecified atom stereocenters. The van der Waals surface area contributed by atoms with Gasteiger partial charge in [0, 0.05) is 6.21 Å². The number of fused-ring (bicyclic) bond motifs is 2. The zero-order chi connectivity index (χ0) is 21.5. The topological polar surface area (TPSA) is 120 Å². The molecule has 0 fully saturated rings. The number of nitro groups is 1. The van der Waals surface area contributed by atoms with Gasteiger partial charge in [-0.2, -0.15) is 0 Å². The molecule has 1 aliphatic heterocycles. The van der Waals surface area contributed by atoms with Crippen LogP contribution in [0.25, 0.3) is 22.6 Å². The largest absolute Gasteiger partial charge is 0.507 e. The number of nitrogens with zero attached hydrogens (tertiary/aromatic N) is 3. The molecular weight excluding hydrogens is 402 g/mol. The van der Waals surface area contributed by atoms with Crippen molar-refractivity contribution < 1.29 is 23.9 Å². The predicted octanol–water partition coefficient (Wildman–Crippen LogP) is 4.90. The maximum Gasteiger partial charge on any atom is 0.282 e. The van der Waals surface area contributed by atoms with Gasteiger partial charge >= 0.3 is 0 Å². The van der Waals surface area contributed by atoms with E-state index in [1.54, 1.807) is 12.1 Å². The number of aromatic nitrogens is 1. The molecule has 0 spiro atoms. The summed E-state index contributed by atoms with van der Waals surface area (Å²) < 4.78 is 16.3. The third-order valence-corrected chi connectivity index (χ3v) is 4.83. The van der Waals surface area contributed by atoms with Crippen molar-refractivity contribution in [3.05, 3.63) is 69.8 Å². The van der Waals surface area contributed by atoms with Gasteiger partial charge in [0.2, 0.25) is 12.7 Å². The van der Waals surface area contributed by atoms with E-state index in [-0.39, 0.29) is 29.7 Å². The van der Waals surface area contributed by atoms with E-state index in [9.17, 15) is 15.2 Å². The minimum absolute atomic E-state index is 0.0123. The number of phenolic OH excluding ortho intramolecular Hbond substituents is 1. The second-order valence-corrected chi connectivity index (χ2v) is 6.97. The van der Waals surface area contributed by atoms with E-state index in [0.29, 0.717) is 33.8 Å². The van der Waals surface area contributed by atoms with Crippen molar-refractivity contribution in [3.8, 4) is 28.7 Å². The molecule has 0 atom stereocenters. The van der Waals surface area contributed by atoms with Crippen molar-refractivity contribution in [3.63, 3.8) is 0 Å². The summed E-state index contributed by atoms with van der Waals surface area (Å²) in [5, 5.41) is 21.7. The molecule has 0 amide bonds. The van der Waals surface area contributed by atoms with Gasteiger partial charge in [-0.15, -0.1) is 0 Å². The fraction of sp³-hybridized carbons (Fsp3) is 0.0909. The highest BCUT2D eigenvalue weighted by Crippen LogP contribution is 2.38. The highest BCUT2D eigenvalue weighted by atomic mass is 16.7. The molecule has 9 nitrogen and oxygen atoms in total. The third kappa shape index (κ3) is 3.42.